The Labute approximate surface area is 141 Å². The highest BCUT2D eigenvalue weighted by molar-refractivity contribution is 8.00. The van der Waals surface area contributed by atoms with Crippen molar-refractivity contribution in [1.82, 2.24) is 14.8 Å². The lowest BCUT2D eigenvalue weighted by atomic mass is 10.2. The fraction of sp³-hybridized carbons (Fsp3) is 0.333. The number of piperazine rings is 1. The van der Waals surface area contributed by atoms with Crippen LogP contribution in [0, 0.1) is 0 Å². The standard InChI is InChI=1S/C18H21N3OS/c22-18(15-23-17-7-2-1-3-8-17)21-12-10-20(11-13-21)14-16-6-4-5-9-19-16/h1-9H,10-15H2. The Kier molecular flexibility index (Phi) is 5.66. The van der Waals surface area contributed by atoms with E-state index in [1.807, 2.05) is 59.6 Å². The van der Waals surface area contributed by atoms with Crippen LogP contribution in [0.4, 0.5) is 0 Å². The molecular weight excluding hydrogens is 306 g/mol. The van der Waals surface area contributed by atoms with Gasteiger partial charge < -0.3 is 4.90 Å². The molecule has 1 amide bonds. The average Bonchev–Trinajstić information content (AvgIpc) is 2.62. The van der Waals surface area contributed by atoms with Gasteiger partial charge in [0.1, 0.15) is 0 Å². The number of carbonyl (C=O) groups is 1. The fourth-order valence-corrected chi connectivity index (χ4v) is 3.45. The Balaban J connectivity index is 1.42. The summed E-state index contributed by atoms with van der Waals surface area (Å²) in [4.78, 5) is 22.2. The van der Waals surface area contributed by atoms with Crippen LogP contribution in [0.1, 0.15) is 5.69 Å². The van der Waals surface area contributed by atoms with Crippen LogP contribution in [0.3, 0.4) is 0 Å². The van der Waals surface area contributed by atoms with Crippen molar-refractivity contribution in [2.45, 2.75) is 11.4 Å². The zero-order valence-corrected chi connectivity index (χ0v) is 13.9. The maximum atomic E-state index is 12.3. The molecule has 5 heteroatoms. The van der Waals surface area contributed by atoms with E-state index >= 15 is 0 Å². The normalized spacial score (nSPS) is 15.6. The summed E-state index contributed by atoms with van der Waals surface area (Å²) < 4.78 is 0. The van der Waals surface area contributed by atoms with Gasteiger partial charge >= 0.3 is 0 Å². The van der Waals surface area contributed by atoms with Crippen molar-refractivity contribution in [2.24, 2.45) is 0 Å². The van der Waals surface area contributed by atoms with Crippen LogP contribution < -0.4 is 0 Å². The van der Waals surface area contributed by atoms with Gasteiger partial charge in [0, 0.05) is 43.8 Å². The van der Waals surface area contributed by atoms with Crippen molar-refractivity contribution in [3.63, 3.8) is 0 Å². The second-order valence-corrected chi connectivity index (χ2v) is 6.63. The number of nitrogens with zero attached hydrogens (tertiary/aromatic N) is 3. The first-order valence-electron chi connectivity index (χ1n) is 7.89. The van der Waals surface area contributed by atoms with Gasteiger partial charge in [0.2, 0.25) is 5.91 Å². The van der Waals surface area contributed by atoms with E-state index < -0.39 is 0 Å². The molecule has 1 aromatic carbocycles. The Bertz CT molecular complexity index is 613. The van der Waals surface area contributed by atoms with E-state index in [9.17, 15) is 4.79 Å². The number of hydrogen-bond acceptors (Lipinski definition) is 4. The summed E-state index contributed by atoms with van der Waals surface area (Å²) in [6.07, 6.45) is 1.83. The molecule has 0 saturated carbocycles. The van der Waals surface area contributed by atoms with Crippen molar-refractivity contribution in [3.8, 4) is 0 Å². The van der Waals surface area contributed by atoms with Crippen LogP contribution in [0.25, 0.3) is 0 Å². The smallest absolute Gasteiger partial charge is 0.233 e. The summed E-state index contributed by atoms with van der Waals surface area (Å²) in [5, 5.41) is 0. The molecule has 23 heavy (non-hydrogen) atoms. The number of rotatable bonds is 5. The molecule has 0 aliphatic carbocycles. The first-order chi connectivity index (χ1) is 11.3. The predicted octanol–water partition coefficient (Wildman–Crippen LogP) is 2.52. The molecule has 0 spiro atoms. The van der Waals surface area contributed by atoms with Gasteiger partial charge in [-0.1, -0.05) is 24.3 Å². The molecule has 3 rings (SSSR count). The van der Waals surface area contributed by atoms with Crippen molar-refractivity contribution in [3.05, 3.63) is 60.4 Å². The number of carbonyl (C=O) groups excluding carboxylic acids is 1. The van der Waals surface area contributed by atoms with E-state index in [1.54, 1.807) is 11.8 Å². The van der Waals surface area contributed by atoms with Gasteiger partial charge in [0.15, 0.2) is 0 Å². The third-order valence-corrected chi connectivity index (χ3v) is 4.94. The lowest BCUT2D eigenvalue weighted by Gasteiger charge is -2.34. The van der Waals surface area contributed by atoms with Gasteiger partial charge in [-0.05, 0) is 24.3 Å². The third-order valence-electron chi connectivity index (χ3n) is 3.94. The average molecular weight is 327 g/mol. The number of pyridine rings is 1. The zero-order valence-electron chi connectivity index (χ0n) is 13.1. The second-order valence-electron chi connectivity index (χ2n) is 5.58. The molecule has 120 valence electrons. The minimum atomic E-state index is 0.233. The van der Waals surface area contributed by atoms with Crippen molar-refractivity contribution < 1.29 is 4.79 Å². The lowest BCUT2D eigenvalue weighted by molar-refractivity contribution is -0.130. The summed E-state index contributed by atoms with van der Waals surface area (Å²) >= 11 is 1.61. The number of hydrogen-bond donors (Lipinski definition) is 0. The molecule has 2 aromatic rings. The minimum absolute atomic E-state index is 0.233. The van der Waals surface area contributed by atoms with Crippen molar-refractivity contribution in [2.75, 3.05) is 31.9 Å². The molecular formula is C18H21N3OS. The topological polar surface area (TPSA) is 36.4 Å². The van der Waals surface area contributed by atoms with E-state index in [0.29, 0.717) is 5.75 Å². The fourth-order valence-electron chi connectivity index (χ4n) is 2.63. The van der Waals surface area contributed by atoms with Gasteiger partial charge in [-0.15, -0.1) is 11.8 Å². The summed E-state index contributed by atoms with van der Waals surface area (Å²) in [5.41, 5.74) is 1.09. The van der Waals surface area contributed by atoms with Crippen molar-refractivity contribution in [1.29, 1.82) is 0 Å². The minimum Gasteiger partial charge on any atom is -0.339 e. The monoisotopic (exact) mass is 327 g/mol. The number of benzene rings is 1. The molecule has 0 N–H and O–H groups in total. The van der Waals surface area contributed by atoms with E-state index in [4.69, 9.17) is 0 Å². The van der Waals surface area contributed by atoms with Crippen LogP contribution in [0.15, 0.2) is 59.6 Å². The third kappa shape index (κ3) is 4.81. The molecule has 0 radical (unpaired) electrons. The van der Waals surface area contributed by atoms with Gasteiger partial charge in [-0.25, -0.2) is 0 Å². The maximum absolute atomic E-state index is 12.3. The molecule has 0 bridgehead atoms. The molecule has 1 aliphatic heterocycles. The van der Waals surface area contributed by atoms with Gasteiger partial charge in [-0.3, -0.25) is 14.7 Å². The van der Waals surface area contributed by atoms with Crippen LogP contribution in [0.5, 0.6) is 0 Å². The molecule has 1 saturated heterocycles. The highest BCUT2D eigenvalue weighted by Crippen LogP contribution is 2.18. The Morgan fingerprint density at radius 2 is 1.74 bits per heavy atom. The highest BCUT2D eigenvalue weighted by atomic mass is 32.2. The quantitative estimate of drug-likeness (QED) is 0.791. The van der Waals surface area contributed by atoms with E-state index in [-0.39, 0.29) is 5.91 Å². The predicted molar refractivity (Wildman–Crippen MR) is 93.3 cm³/mol. The summed E-state index contributed by atoms with van der Waals surface area (Å²) in [5.74, 6) is 0.751. The van der Waals surface area contributed by atoms with E-state index in [0.717, 1.165) is 43.3 Å². The number of aromatic nitrogens is 1. The van der Waals surface area contributed by atoms with Crippen LogP contribution >= 0.6 is 11.8 Å². The SMILES string of the molecule is O=C(CSc1ccccc1)N1CCN(Cc2ccccn2)CC1. The summed E-state index contributed by atoms with van der Waals surface area (Å²) in [6, 6.07) is 16.1. The van der Waals surface area contributed by atoms with Crippen LogP contribution in [-0.2, 0) is 11.3 Å². The molecule has 1 fully saturated rings. The van der Waals surface area contributed by atoms with Gasteiger partial charge in [0.05, 0.1) is 11.4 Å². The maximum Gasteiger partial charge on any atom is 0.233 e. The van der Waals surface area contributed by atoms with Crippen LogP contribution in [-0.4, -0.2) is 52.6 Å². The van der Waals surface area contributed by atoms with Crippen molar-refractivity contribution >= 4 is 17.7 Å². The van der Waals surface area contributed by atoms with Gasteiger partial charge in [-0.2, -0.15) is 0 Å². The lowest BCUT2D eigenvalue weighted by Crippen LogP contribution is -2.48. The first-order valence-corrected chi connectivity index (χ1v) is 8.88. The molecule has 4 nitrogen and oxygen atoms in total. The zero-order chi connectivity index (χ0) is 15.9. The summed E-state index contributed by atoms with van der Waals surface area (Å²) in [6.45, 7) is 4.31. The molecule has 2 heterocycles. The second kappa shape index (κ2) is 8.13. The first kappa shape index (κ1) is 16.0. The molecule has 1 aromatic heterocycles. The number of thioether (sulfide) groups is 1. The van der Waals surface area contributed by atoms with E-state index in [1.165, 1.54) is 0 Å². The molecule has 1 aliphatic rings. The Morgan fingerprint density at radius 3 is 2.43 bits per heavy atom. The molecule has 0 atom stereocenters. The van der Waals surface area contributed by atoms with E-state index in [2.05, 4.69) is 9.88 Å². The molecule has 0 unspecified atom stereocenters. The van der Waals surface area contributed by atoms with Crippen LogP contribution in [0.2, 0.25) is 0 Å². The van der Waals surface area contributed by atoms with Gasteiger partial charge in [0.25, 0.3) is 0 Å². The Hall–Kier alpha value is -1.85. The Morgan fingerprint density at radius 1 is 1.00 bits per heavy atom. The summed E-state index contributed by atoms with van der Waals surface area (Å²) in [7, 11) is 0. The largest absolute Gasteiger partial charge is 0.339 e. The highest BCUT2D eigenvalue weighted by Gasteiger charge is 2.21. The number of amides is 1.